The van der Waals surface area contributed by atoms with Gasteiger partial charge in [-0.1, -0.05) is 66.4 Å². The highest BCUT2D eigenvalue weighted by Gasteiger charge is 2.34. The molecule has 0 aliphatic carbocycles. The van der Waals surface area contributed by atoms with Crippen LogP contribution in [0, 0.1) is 0 Å². The van der Waals surface area contributed by atoms with Crippen LogP contribution in [0.2, 0.25) is 0 Å². The minimum atomic E-state index is 0.168. The quantitative estimate of drug-likeness (QED) is 0.331. The highest BCUT2D eigenvalue weighted by Crippen LogP contribution is 2.45. The second-order valence-corrected chi connectivity index (χ2v) is 9.80. The summed E-state index contributed by atoms with van der Waals surface area (Å²) in [6, 6.07) is 28.4. The molecule has 3 aromatic rings. The molecule has 0 radical (unpaired) electrons. The lowest BCUT2D eigenvalue weighted by Gasteiger charge is -2.19. The van der Waals surface area contributed by atoms with Crippen LogP contribution in [0.4, 0.5) is 0 Å². The predicted octanol–water partition coefficient (Wildman–Crippen LogP) is 6.23. The number of hydrogen-bond donors (Lipinski definition) is 0. The maximum atomic E-state index is 5.92. The first-order valence-electron chi connectivity index (χ1n) is 9.60. The zero-order valence-corrected chi connectivity index (χ0v) is 17.1. The molecule has 0 N–H and O–H groups in total. The molecule has 1 nitrogen and oxygen atoms in total. The second-order valence-electron chi connectivity index (χ2n) is 6.65. The molecule has 0 saturated heterocycles. The van der Waals surface area contributed by atoms with E-state index in [1.54, 1.807) is 0 Å². The highest BCUT2D eigenvalue weighted by atomic mass is 32.2. The van der Waals surface area contributed by atoms with Crippen LogP contribution in [-0.2, 0) is 22.1 Å². The van der Waals surface area contributed by atoms with Crippen molar-refractivity contribution >= 4 is 22.7 Å². The summed E-state index contributed by atoms with van der Waals surface area (Å²) in [5.74, 6) is 1.17. The van der Waals surface area contributed by atoms with E-state index < -0.39 is 0 Å². The van der Waals surface area contributed by atoms with E-state index in [0.29, 0.717) is 0 Å². The molecule has 0 fully saturated rings. The summed E-state index contributed by atoms with van der Waals surface area (Å²) in [4.78, 5) is 5.85. The number of ether oxygens (including phenoxy) is 1. The lowest BCUT2D eigenvalue weighted by Crippen LogP contribution is -2.15. The molecular formula is C24H25OS2+. The minimum Gasteiger partial charge on any atom is -0.381 e. The SMILES string of the molecule is c1ccc(CCCOCCC[S+]2c3ccccc3Sc3ccccc32)cc1. The third-order valence-corrected chi connectivity index (χ3v) is 8.56. The third kappa shape index (κ3) is 4.78. The van der Waals surface area contributed by atoms with Gasteiger partial charge < -0.3 is 4.74 Å². The first-order valence-corrected chi connectivity index (χ1v) is 11.8. The molecule has 4 rings (SSSR count). The molecule has 1 aliphatic rings. The number of hydrogen-bond acceptors (Lipinski definition) is 2. The van der Waals surface area contributed by atoms with Crippen molar-refractivity contribution in [2.45, 2.75) is 38.8 Å². The van der Waals surface area contributed by atoms with Crippen molar-refractivity contribution in [1.29, 1.82) is 0 Å². The van der Waals surface area contributed by atoms with E-state index in [-0.39, 0.29) is 10.9 Å². The third-order valence-electron chi connectivity index (χ3n) is 4.68. The van der Waals surface area contributed by atoms with E-state index in [2.05, 4.69) is 78.9 Å². The average Bonchev–Trinajstić information content (AvgIpc) is 2.73. The molecule has 0 atom stereocenters. The van der Waals surface area contributed by atoms with Crippen LogP contribution in [0.5, 0.6) is 0 Å². The molecule has 3 heteroatoms. The van der Waals surface area contributed by atoms with Crippen LogP contribution in [0.25, 0.3) is 0 Å². The Balaban J connectivity index is 1.27. The molecule has 0 spiro atoms. The summed E-state index contributed by atoms with van der Waals surface area (Å²) in [6.07, 6.45) is 3.31. The van der Waals surface area contributed by atoms with E-state index in [1.165, 1.54) is 30.9 Å². The number of aryl methyl sites for hydroxylation is 1. The molecule has 0 bridgehead atoms. The van der Waals surface area contributed by atoms with Gasteiger partial charge in [-0.25, -0.2) is 0 Å². The van der Waals surface area contributed by atoms with Crippen LogP contribution in [0.3, 0.4) is 0 Å². The number of rotatable bonds is 8. The maximum absolute atomic E-state index is 5.92. The van der Waals surface area contributed by atoms with Crippen molar-refractivity contribution in [1.82, 2.24) is 0 Å². The van der Waals surface area contributed by atoms with Crippen molar-refractivity contribution in [3.63, 3.8) is 0 Å². The lowest BCUT2D eigenvalue weighted by molar-refractivity contribution is 0.133. The molecule has 0 saturated carbocycles. The molecule has 138 valence electrons. The van der Waals surface area contributed by atoms with Gasteiger partial charge in [-0.15, -0.1) is 0 Å². The zero-order valence-electron chi connectivity index (χ0n) is 15.5. The van der Waals surface area contributed by atoms with E-state index in [9.17, 15) is 0 Å². The monoisotopic (exact) mass is 393 g/mol. The molecule has 0 aromatic heterocycles. The van der Waals surface area contributed by atoms with Gasteiger partial charge in [0.25, 0.3) is 0 Å². The summed E-state index contributed by atoms with van der Waals surface area (Å²) in [6.45, 7) is 1.71. The van der Waals surface area contributed by atoms with Crippen LogP contribution in [0.1, 0.15) is 18.4 Å². The Morgan fingerprint density at radius 3 is 1.96 bits per heavy atom. The lowest BCUT2D eigenvalue weighted by atomic mass is 10.1. The Morgan fingerprint density at radius 1 is 0.667 bits per heavy atom. The molecule has 27 heavy (non-hydrogen) atoms. The largest absolute Gasteiger partial charge is 0.381 e. The van der Waals surface area contributed by atoms with Gasteiger partial charge in [-0.05, 0) is 42.7 Å². The average molecular weight is 394 g/mol. The van der Waals surface area contributed by atoms with Crippen molar-refractivity contribution in [3.05, 3.63) is 84.4 Å². The topological polar surface area (TPSA) is 9.23 Å². The van der Waals surface area contributed by atoms with Gasteiger partial charge in [0.2, 0.25) is 0 Å². The van der Waals surface area contributed by atoms with Crippen LogP contribution in [0.15, 0.2) is 98.4 Å². The first-order chi connectivity index (χ1) is 13.4. The summed E-state index contributed by atoms with van der Waals surface area (Å²) in [5, 5.41) is 0. The second kappa shape index (κ2) is 9.50. The highest BCUT2D eigenvalue weighted by molar-refractivity contribution is 8.04. The zero-order chi connectivity index (χ0) is 18.3. The van der Waals surface area contributed by atoms with Crippen molar-refractivity contribution < 1.29 is 4.74 Å². The van der Waals surface area contributed by atoms with Crippen LogP contribution in [-0.4, -0.2) is 19.0 Å². The van der Waals surface area contributed by atoms with E-state index >= 15 is 0 Å². The fourth-order valence-corrected chi connectivity index (χ4v) is 7.28. The van der Waals surface area contributed by atoms with Gasteiger partial charge >= 0.3 is 0 Å². The van der Waals surface area contributed by atoms with Gasteiger partial charge in [-0.2, -0.15) is 0 Å². The van der Waals surface area contributed by atoms with E-state index in [0.717, 1.165) is 32.5 Å². The summed E-state index contributed by atoms with van der Waals surface area (Å²) in [5.41, 5.74) is 1.40. The van der Waals surface area contributed by atoms with E-state index in [4.69, 9.17) is 4.74 Å². The summed E-state index contributed by atoms with van der Waals surface area (Å²) in [7, 11) is 0.168. The molecule has 3 aromatic carbocycles. The maximum Gasteiger partial charge on any atom is 0.174 e. The normalized spacial score (nSPS) is 13.2. The Hall–Kier alpha value is -1.68. The molecule has 1 aliphatic heterocycles. The molecular weight excluding hydrogens is 368 g/mol. The Kier molecular flexibility index (Phi) is 6.57. The molecule has 1 heterocycles. The fraction of sp³-hybridized carbons (Fsp3) is 0.250. The van der Waals surface area contributed by atoms with Crippen molar-refractivity contribution in [3.8, 4) is 0 Å². The number of benzene rings is 3. The summed E-state index contributed by atoms with van der Waals surface area (Å²) < 4.78 is 5.92. The summed E-state index contributed by atoms with van der Waals surface area (Å²) >= 11 is 1.91. The van der Waals surface area contributed by atoms with E-state index in [1.807, 2.05) is 11.8 Å². The first kappa shape index (κ1) is 18.7. The van der Waals surface area contributed by atoms with Crippen molar-refractivity contribution in [2.75, 3.05) is 19.0 Å². The smallest absolute Gasteiger partial charge is 0.174 e. The van der Waals surface area contributed by atoms with Crippen LogP contribution < -0.4 is 0 Å². The minimum absolute atomic E-state index is 0.168. The van der Waals surface area contributed by atoms with Gasteiger partial charge in [0, 0.05) is 13.0 Å². The molecule has 0 amide bonds. The van der Waals surface area contributed by atoms with Crippen LogP contribution >= 0.6 is 11.8 Å². The van der Waals surface area contributed by atoms with Crippen molar-refractivity contribution in [2.24, 2.45) is 0 Å². The van der Waals surface area contributed by atoms with Gasteiger partial charge in [0.05, 0.1) is 27.3 Å². The Morgan fingerprint density at radius 2 is 1.26 bits per heavy atom. The van der Waals surface area contributed by atoms with Gasteiger partial charge in [0.1, 0.15) is 5.75 Å². The van der Waals surface area contributed by atoms with Gasteiger partial charge in [-0.3, -0.25) is 0 Å². The fourth-order valence-electron chi connectivity index (χ4n) is 3.36. The Bertz CT molecular complexity index is 818. The van der Waals surface area contributed by atoms with Gasteiger partial charge in [0.15, 0.2) is 9.79 Å². The Labute approximate surface area is 169 Å². The molecule has 0 unspecified atom stereocenters. The number of fused-ring (bicyclic) bond motifs is 2. The predicted molar refractivity (Wildman–Crippen MR) is 116 cm³/mol. The standard InChI is InChI=1S/C24H25OS2/c1-2-10-20(11-3-1)12-8-17-25-18-9-19-27-23-15-6-4-13-21(23)26-22-14-5-7-16-24(22)27/h1-7,10-11,13-16H,8-9,12,17-19H2/q+1.